The number of ether oxygens (including phenoxy) is 1. The molecule has 0 aliphatic carbocycles. The molecule has 0 saturated carbocycles. The fourth-order valence-electron chi connectivity index (χ4n) is 0.866. The van der Waals surface area contributed by atoms with Gasteiger partial charge in [-0.15, -0.1) is 13.2 Å². The van der Waals surface area contributed by atoms with Gasteiger partial charge in [0.15, 0.2) is 0 Å². The summed E-state index contributed by atoms with van der Waals surface area (Å²) >= 11 is 7.95. The minimum Gasteiger partial charge on any atom is -0.405 e. The summed E-state index contributed by atoms with van der Waals surface area (Å²) in [6.45, 7) is 0. The molecule has 0 aliphatic rings. The average molecular weight is 303 g/mol. The molecule has 0 heterocycles. The highest BCUT2D eigenvalue weighted by atomic mass is 79.9. The molecule has 0 saturated heterocycles. The van der Waals surface area contributed by atoms with Gasteiger partial charge in [0.2, 0.25) is 0 Å². The monoisotopic (exact) mass is 302 g/mol. The molecular weight excluding hydrogens is 300 g/mol. The summed E-state index contributed by atoms with van der Waals surface area (Å²) in [7, 11) is 0. The van der Waals surface area contributed by atoms with Crippen LogP contribution in [0.3, 0.4) is 0 Å². The number of carbonyl (C=O) groups excluding carboxylic acids is 1. The predicted octanol–water partition coefficient (Wildman–Crippen LogP) is 3.73. The molecule has 0 unspecified atom stereocenters. The van der Waals surface area contributed by atoms with Crippen LogP contribution < -0.4 is 4.74 Å². The van der Waals surface area contributed by atoms with Gasteiger partial charge in [0.25, 0.3) is 5.24 Å². The Hall–Kier alpha value is -0.750. The second-order valence-corrected chi connectivity index (χ2v) is 3.58. The highest BCUT2D eigenvalue weighted by Gasteiger charge is 2.32. The normalized spacial score (nSPS) is 11.3. The van der Waals surface area contributed by atoms with Crippen LogP contribution in [0.2, 0.25) is 0 Å². The highest BCUT2D eigenvalue weighted by molar-refractivity contribution is 9.10. The quantitative estimate of drug-likeness (QED) is 0.778. The van der Waals surface area contributed by atoms with Crippen molar-refractivity contribution in [3.63, 3.8) is 0 Å². The minimum absolute atomic E-state index is 0.0848. The number of rotatable bonds is 2. The zero-order valence-electron chi connectivity index (χ0n) is 6.94. The Morgan fingerprint density at radius 3 is 2.47 bits per heavy atom. The van der Waals surface area contributed by atoms with Crippen LogP contribution in [0, 0.1) is 0 Å². The molecule has 0 aliphatic heterocycles. The van der Waals surface area contributed by atoms with Gasteiger partial charge in [-0.1, -0.05) is 6.07 Å². The number of hydrogen-bond donors (Lipinski definition) is 0. The van der Waals surface area contributed by atoms with E-state index in [0.29, 0.717) is 0 Å². The van der Waals surface area contributed by atoms with Gasteiger partial charge in [-0.05, 0) is 39.7 Å². The lowest BCUT2D eigenvalue weighted by Crippen LogP contribution is -2.17. The molecule has 1 aromatic rings. The van der Waals surface area contributed by atoms with Crippen LogP contribution in [-0.4, -0.2) is 11.6 Å². The Morgan fingerprint density at radius 1 is 1.40 bits per heavy atom. The molecule has 0 bridgehead atoms. The first kappa shape index (κ1) is 12.3. The fourth-order valence-corrected chi connectivity index (χ4v) is 1.66. The number of hydrogen-bond acceptors (Lipinski definition) is 2. The van der Waals surface area contributed by atoms with Gasteiger partial charge in [0.05, 0.1) is 10.0 Å². The maximum absolute atomic E-state index is 11.9. The SMILES string of the molecule is O=C(Cl)c1cccc(OC(F)(F)F)c1Br. The standard InChI is InChI=1S/C8H3BrClF3O2/c9-6-4(7(10)14)2-1-3-5(6)15-8(11,12)13/h1-3H. The molecule has 2 nitrogen and oxygen atoms in total. The number of alkyl halides is 3. The van der Waals surface area contributed by atoms with Crippen molar-refractivity contribution in [3.05, 3.63) is 28.2 Å². The first-order valence-corrected chi connectivity index (χ1v) is 4.72. The van der Waals surface area contributed by atoms with E-state index in [0.717, 1.165) is 6.07 Å². The number of halogens is 5. The van der Waals surface area contributed by atoms with E-state index in [1.807, 2.05) is 0 Å². The van der Waals surface area contributed by atoms with Crippen molar-refractivity contribution in [2.75, 3.05) is 0 Å². The van der Waals surface area contributed by atoms with E-state index in [2.05, 4.69) is 20.7 Å². The van der Waals surface area contributed by atoms with E-state index in [1.165, 1.54) is 12.1 Å². The smallest absolute Gasteiger partial charge is 0.405 e. The van der Waals surface area contributed by atoms with Gasteiger partial charge < -0.3 is 4.74 Å². The third kappa shape index (κ3) is 3.39. The van der Waals surface area contributed by atoms with Crippen LogP contribution in [0.5, 0.6) is 5.75 Å². The lowest BCUT2D eigenvalue weighted by Gasteiger charge is -2.11. The molecule has 0 amide bonds. The summed E-state index contributed by atoms with van der Waals surface area (Å²) in [5.41, 5.74) is -0.0848. The molecular formula is C8H3BrClF3O2. The largest absolute Gasteiger partial charge is 0.573 e. The summed E-state index contributed by atoms with van der Waals surface area (Å²) in [6, 6.07) is 3.59. The molecule has 0 spiro atoms. The minimum atomic E-state index is -4.81. The van der Waals surface area contributed by atoms with Crippen molar-refractivity contribution >= 4 is 32.8 Å². The van der Waals surface area contributed by atoms with E-state index >= 15 is 0 Å². The second kappa shape index (κ2) is 4.40. The first-order chi connectivity index (χ1) is 6.81. The zero-order chi connectivity index (χ0) is 11.6. The van der Waals surface area contributed by atoms with E-state index in [1.54, 1.807) is 0 Å². The molecule has 82 valence electrons. The van der Waals surface area contributed by atoms with Crippen LogP contribution in [0.1, 0.15) is 10.4 Å². The Morgan fingerprint density at radius 2 is 2.00 bits per heavy atom. The van der Waals surface area contributed by atoms with Crippen LogP contribution in [0.15, 0.2) is 22.7 Å². The first-order valence-electron chi connectivity index (χ1n) is 3.55. The zero-order valence-corrected chi connectivity index (χ0v) is 9.28. The molecule has 0 atom stereocenters. The molecule has 15 heavy (non-hydrogen) atoms. The molecule has 0 radical (unpaired) electrons. The van der Waals surface area contributed by atoms with E-state index < -0.39 is 17.4 Å². The lowest BCUT2D eigenvalue weighted by molar-refractivity contribution is -0.274. The molecule has 0 aromatic heterocycles. The van der Waals surface area contributed by atoms with Crippen molar-refractivity contribution < 1.29 is 22.7 Å². The topological polar surface area (TPSA) is 26.3 Å². The van der Waals surface area contributed by atoms with Crippen molar-refractivity contribution in [2.45, 2.75) is 6.36 Å². The van der Waals surface area contributed by atoms with Crippen LogP contribution in [0.25, 0.3) is 0 Å². The summed E-state index contributed by atoms with van der Waals surface area (Å²) < 4.78 is 39.2. The van der Waals surface area contributed by atoms with Gasteiger partial charge >= 0.3 is 6.36 Å². The van der Waals surface area contributed by atoms with Gasteiger partial charge in [-0.2, -0.15) is 0 Å². The van der Waals surface area contributed by atoms with Gasteiger partial charge in [0.1, 0.15) is 5.75 Å². The van der Waals surface area contributed by atoms with E-state index in [9.17, 15) is 18.0 Å². The molecule has 7 heteroatoms. The van der Waals surface area contributed by atoms with Gasteiger partial charge in [-0.25, -0.2) is 0 Å². The van der Waals surface area contributed by atoms with E-state index in [4.69, 9.17) is 11.6 Å². The lowest BCUT2D eigenvalue weighted by atomic mass is 10.2. The Labute approximate surface area is 96.1 Å². The average Bonchev–Trinajstić information content (AvgIpc) is 2.05. The van der Waals surface area contributed by atoms with Gasteiger partial charge in [0, 0.05) is 0 Å². The third-order valence-electron chi connectivity index (χ3n) is 1.40. The maximum atomic E-state index is 11.9. The Kier molecular flexibility index (Phi) is 3.62. The van der Waals surface area contributed by atoms with Crippen molar-refractivity contribution in [1.82, 2.24) is 0 Å². The fraction of sp³-hybridized carbons (Fsp3) is 0.125. The van der Waals surface area contributed by atoms with Crippen LogP contribution in [0.4, 0.5) is 13.2 Å². The maximum Gasteiger partial charge on any atom is 0.573 e. The second-order valence-electron chi connectivity index (χ2n) is 2.44. The molecule has 1 aromatic carbocycles. The summed E-state index contributed by atoms with van der Waals surface area (Å²) in [6.07, 6.45) is -4.81. The summed E-state index contributed by atoms with van der Waals surface area (Å²) in [5.74, 6) is -0.506. The number of carbonyl (C=O) groups is 1. The van der Waals surface area contributed by atoms with Crippen molar-refractivity contribution in [2.24, 2.45) is 0 Å². The number of benzene rings is 1. The molecule has 0 fully saturated rings. The Balaban J connectivity index is 3.10. The van der Waals surface area contributed by atoms with Crippen LogP contribution >= 0.6 is 27.5 Å². The Bertz CT molecular complexity index is 392. The van der Waals surface area contributed by atoms with E-state index in [-0.39, 0.29) is 10.0 Å². The van der Waals surface area contributed by atoms with Crippen LogP contribution in [-0.2, 0) is 0 Å². The van der Waals surface area contributed by atoms with Gasteiger partial charge in [-0.3, -0.25) is 4.79 Å². The molecule has 1 rings (SSSR count). The summed E-state index contributed by atoms with van der Waals surface area (Å²) in [4.78, 5) is 10.8. The molecule has 0 N–H and O–H groups in total. The van der Waals surface area contributed by atoms with Crippen molar-refractivity contribution in [3.8, 4) is 5.75 Å². The predicted molar refractivity (Wildman–Crippen MR) is 51.0 cm³/mol. The highest BCUT2D eigenvalue weighted by Crippen LogP contribution is 2.33. The third-order valence-corrected chi connectivity index (χ3v) is 2.42. The summed E-state index contributed by atoms with van der Waals surface area (Å²) in [5, 5.41) is -0.866. The van der Waals surface area contributed by atoms with Crippen molar-refractivity contribution in [1.29, 1.82) is 0 Å².